The van der Waals surface area contributed by atoms with Gasteiger partial charge in [-0.2, -0.15) is 4.98 Å². The molecule has 2 heterocycles. The fourth-order valence-corrected chi connectivity index (χ4v) is 8.95. The third-order valence-electron chi connectivity index (χ3n) is 7.52. The molecule has 1 fully saturated rings. The Morgan fingerprint density at radius 1 is 0.977 bits per heavy atom. The second kappa shape index (κ2) is 13.1. The largest absolute Gasteiger partial charge is 0.495 e. The molecule has 226 valence electrons. The van der Waals surface area contributed by atoms with Gasteiger partial charge < -0.3 is 19.9 Å². The van der Waals surface area contributed by atoms with Crippen LogP contribution in [0.3, 0.4) is 0 Å². The van der Waals surface area contributed by atoms with Crippen molar-refractivity contribution in [1.29, 1.82) is 0 Å². The third kappa shape index (κ3) is 7.04. The Hall–Kier alpha value is -3.43. The van der Waals surface area contributed by atoms with Crippen LogP contribution in [0.1, 0.15) is 19.4 Å². The number of methoxy groups -OCH3 is 1. The zero-order valence-corrected chi connectivity index (χ0v) is 26.8. The molecule has 1 aromatic heterocycles. The van der Waals surface area contributed by atoms with E-state index >= 15 is 0 Å². The molecule has 1 aliphatic rings. The summed E-state index contributed by atoms with van der Waals surface area (Å²) in [6.45, 7) is 5.66. The van der Waals surface area contributed by atoms with Crippen LogP contribution in [-0.2, 0) is 20.9 Å². The van der Waals surface area contributed by atoms with E-state index in [1.807, 2.05) is 36.4 Å². The van der Waals surface area contributed by atoms with Gasteiger partial charge in [0, 0.05) is 37.3 Å². The molecule has 3 aromatic carbocycles. The maximum absolute atomic E-state index is 14.0. The van der Waals surface area contributed by atoms with Crippen molar-refractivity contribution in [2.24, 2.45) is 0 Å². The van der Waals surface area contributed by atoms with E-state index in [0.717, 1.165) is 24.9 Å². The van der Waals surface area contributed by atoms with E-state index in [2.05, 4.69) is 37.6 Å². The van der Waals surface area contributed by atoms with E-state index in [9.17, 15) is 13.0 Å². The third-order valence-corrected chi connectivity index (χ3v) is 13.1. The zero-order valence-electron chi connectivity index (χ0n) is 24.3. The second-order valence-corrected chi connectivity index (χ2v) is 16.8. The predicted molar refractivity (Wildman–Crippen MR) is 174 cm³/mol. The molecule has 0 aliphatic carbocycles. The van der Waals surface area contributed by atoms with Gasteiger partial charge in [0.1, 0.15) is 17.9 Å². The number of sulfone groups is 1. The molecular formula is C31H35ClN5O4PS. The van der Waals surface area contributed by atoms with Gasteiger partial charge in [0.15, 0.2) is 15.7 Å². The molecule has 0 saturated carbocycles. The van der Waals surface area contributed by atoms with Crippen LogP contribution in [-0.4, -0.2) is 61.1 Å². The lowest BCUT2D eigenvalue weighted by atomic mass is 10.2. The molecule has 0 spiro atoms. The summed E-state index contributed by atoms with van der Waals surface area (Å²) in [6.07, 6.45) is 2.65. The first-order valence-electron chi connectivity index (χ1n) is 14.0. The Kier molecular flexibility index (Phi) is 9.42. The summed E-state index contributed by atoms with van der Waals surface area (Å²) in [7, 11) is -4.58. The van der Waals surface area contributed by atoms with Crippen molar-refractivity contribution >= 4 is 57.0 Å². The highest BCUT2D eigenvalue weighted by molar-refractivity contribution is 7.92. The van der Waals surface area contributed by atoms with Gasteiger partial charge in [0.2, 0.25) is 5.95 Å². The molecule has 43 heavy (non-hydrogen) atoms. The van der Waals surface area contributed by atoms with Crippen LogP contribution in [0.2, 0.25) is 5.02 Å². The average Bonchev–Trinajstić information content (AvgIpc) is 3.01. The van der Waals surface area contributed by atoms with Crippen molar-refractivity contribution in [1.82, 2.24) is 14.9 Å². The quantitative estimate of drug-likeness (QED) is 0.193. The fourth-order valence-electron chi connectivity index (χ4n) is 4.96. The van der Waals surface area contributed by atoms with Gasteiger partial charge in [-0.1, -0.05) is 54.1 Å². The van der Waals surface area contributed by atoms with E-state index in [1.165, 1.54) is 11.8 Å². The SMILES string of the molecule is COc1cc(P2(=O)CCN(Cc3ccccc3)CC2)ccc1Nc1ncc(Cl)c(Nc2ccccc2S(=O)(=O)C(C)C)n1. The molecule has 0 unspecified atom stereocenters. The maximum atomic E-state index is 14.0. The van der Waals surface area contributed by atoms with Gasteiger partial charge in [-0.05, 0) is 49.7 Å². The summed E-state index contributed by atoms with van der Waals surface area (Å²) in [4.78, 5) is 11.3. The molecule has 0 radical (unpaired) electrons. The van der Waals surface area contributed by atoms with Crippen LogP contribution >= 0.6 is 18.7 Å². The van der Waals surface area contributed by atoms with Crippen LogP contribution in [0.4, 0.5) is 23.1 Å². The minimum Gasteiger partial charge on any atom is -0.495 e. The van der Waals surface area contributed by atoms with Crippen molar-refractivity contribution in [2.75, 3.05) is 43.2 Å². The maximum Gasteiger partial charge on any atom is 0.229 e. The molecule has 1 saturated heterocycles. The van der Waals surface area contributed by atoms with Crippen LogP contribution in [0, 0.1) is 0 Å². The summed E-state index contributed by atoms with van der Waals surface area (Å²) < 4.78 is 45.4. The first-order chi connectivity index (χ1) is 20.6. The Bertz CT molecular complexity index is 1740. The van der Waals surface area contributed by atoms with E-state index in [0.29, 0.717) is 29.4 Å². The molecule has 2 N–H and O–H groups in total. The average molecular weight is 640 g/mol. The number of ether oxygens (including phenoxy) is 1. The van der Waals surface area contributed by atoms with E-state index in [4.69, 9.17) is 16.3 Å². The first-order valence-corrected chi connectivity index (χ1v) is 18.0. The van der Waals surface area contributed by atoms with Crippen molar-refractivity contribution in [3.05, 3.63) is 89.6 Å². The first kappa shape index (κ1) is 31.0. The monoisotopic (exact) mass is 639 g/mol. The number of para-hydroxylation sites is 1. The molecule has 4 aromatic rings. The normalized spacial score (nSPS) is 15.3. The lowest BCUT2D eigenvalue weighted by molar-refractivity contribution is 0.288. The highest BCUT2D eigenvalue weighted by Gasteiger charge is 2.31. The molecule has 0 bridgehead atoms. The topological polar surface area (TPSA) is 114 Å². The van der Waals surface area contributed by atoms with Crippen LogP contribution in [0.5, 0.6) is 5.75 Å². The molecule has 12 heteroatoms. The lowest BCUT2D eigenvalue weighted by Gasteiger charge is -2.32. The molecular weight excluding hydrogens is 605 g/mol. The van der Waals surface area contributed by atoms with Gasteiger partial charge in [-0.3, -0.25) is 4.90 Å². The van der Waals surface area contributed by atoms with Crippen LogP contribution in [0.25, 0.3) is 0 Å². The fraction of sp³-hybridized carbons (Fsp3) is 0.290. The lowest BCUT2D eigenvalue weighted by Crippen LogP contribution is -2.36. The molecule has 0 amide bonds. The van der Waals surface area contributed by atoms with Crippen molar-refractivity contribution in [3.8, 4) is 5.75 Å². The molecule has 1 aliphatic heterocycles. The van der Waals surface area contributed by atoms with Gasteiger partial charge >= 0.3 is 0 Å². The number of rotatable bonds is 10. The Morgan fingerprint density at radius 2 is 1.67 bits per heavy atom. The number of anilines is 4. The number of hydrogen-bond acceptors (Lipinski definition) is 9. The minimum absolute atomic E-state index is 0.159. The number of nitrogens with one attached hydrogen (secondary N) is 2. The number of nitrogens with zero attached hydrogens (tertiary/aromatic N) is 3. The standard InChI is InChI=1S/C31H35ClN5O4PS/c1-22(2)43(39,40)29-12-8-7-11-27(29)34-30-25(32)20-33-31(36-30)35-26-14-13-24(19-28(26)41-3)42(38)17-15-37(16-18-42)21-23-9-5-4-6-10-23/h4-14,19-20,22H,15-18,21H2,1-3H3,(H2,33,34,35,36). The molecule has 0 atom stereocenters. The Balaban J connectivity index is 1.32. The smallest absolute Gasteiger partial charge is 0.229 e. The zero-order chi connectivity index (χ0) is 30.6. The van der Waals surface area contributed by atoms with Crippen molar-refractivity contribution in [2.45, 2.75) is 30.5 Å². The molecule has 5 rings (SSSR count). The summed E-state index contributed by atoms with van der Waals surface area (Å²) in [6, 6.07) is 22.5. The van der Waals surface area contributed by atoms with Gasteiger partial charge in [0.05, 0.1) is 34.8 Å². The summed E-state index contributed by atoms with van der Waals surface area (Å²) in [5.74, 6) is 0.983. The second-order valence-electron chi connectivity index (χ2n) is 10.7. The van der Waals surface area contributed by atoms with Crippen molar-refractivity contribution < 1.29 is 17.7 Å². The van der Waals surface area contributed by atoms with Gasteiger partial charge in [0.25, 0.3) is 0 Å². The number of benzene rings is 3. The van der Waals surface area contributed by atoms with E-state index < -0.39 is 22.2 Å². The highest BCUT2D eigenvalue weighted by Crippen LogP contribution is 2.47. The highest BCUT2D eigenvalue weighted by atomic mass is 35.5. The number of aromatic nitrogens is 2. The number of halogens is 1. The van der Waals surface area contributed by atoms with Gasteiger partial charge in [-0.25, -0.2) is 13.4 Å². The van der Waals surface area contributed by atoms with E-state index in [-0.39, 0.29) is 21.7 Å². The Morgan fingerprint density at radius 3 is 2.37 bits per heavy atom. The summed E-state index contributed by atoms with van der Waals surface area (Å²) >= 11 is 6.39. The number of hydrogen-bond donors (Lipinski definition) is 2. The van der Waals surface area contributed by atoms with E-state index in [1.54, 1.807) is 45.2 Å². The molecule has 9 nitrogen and oxygen atoms in total. The van der Waals surface area contributed by atoms with Crippen molar-refractivity contribution in [3.63, 3.8) is 0 Å². The van der Waals surface area contributed by atoms with Crippen LogP contribution < -0.4 is 20.7 Å². The summed E-state index contributed by atoms with van der Waals surface area (Å²) in [5, 5.41) is 6.63. The predicted octanol–water partition coefficient (Wildman–Crippen LogP) is 6.31. The summed E-state index contributed by atoms with van der Waals surface area (Å²) in [5.41, 5.74) is 2.21. The minimum atomic E-state index is -3.55. The van der Waals surface area contributed by atoms with Crippen LogP contribution in [0.15, 0.2) is 83.9 Å². The Labute approximate surface area is 258 Å². The van der Waals surface area contributed by atoms with Gasteiger partial charge in [-0.15, -0.1) is 0 Å².